The van der Waals surface area contributed by atoms with Gasteiger partial charge in [0.1, 0.15) is 0 Å². The van der Waals surface area contributed by atoms with Gasteiger partial charge in [0.25, 0.3) is 0 Å². The maximum absolute atomic E-state index is 13.0. The van der Waals surface area contributed by atoms with E-state index in [1.54, 1.807) is 0 Å². The smallest absolute Gasteiger partial charge is 0.222 e. The Labute approximate surface area is 121 Å². The molecule has 0 saturated carbocycles. The molecule has 0 aliphatic heterocycles. The van der Waals surface area contributed by atoms with Gasteiger partial charge in [-0.25, -0.2) is 8.78 Å². The van der Waals surface area contributed by atoms with Crippen LogP contribution in [0.1, 0.15) is 23.6 Å². The SMILES string of the molecule is NC(CC(=O)NCc1ccc(F)c(F)c1)c1ccccc1. The van der Waals surface area contributed by atoms with Crippen molar-refractivity contribution in [1.29, 1.82) is 0 Å². The second kappa shape index (κ2) is 6.95. The summed E-state index contributed by atoms with van der Waals surface area (Å²) in [5.41, 5.74) is 7.31. The van der Waals surface area contributed by atoms with Crippen LogP contribution in [0.15, 0.2) is 48.5 Å². The molecule has 0 aliphatic carbocycles. The zero-order valence-corrected chi connectivity index (χ0v) is 11.4. The molecule has 110 valence electrons. The van der Waals surface area contributed by atoms with Gasteiger partial charge in [0, 0.05) is 19.0 Å². The third-order valence-corrected chi connectivity index (χ3v) is 3.11. The monoisotopic (exact) mass is 290 g/mol. The van der Waals surface area contributed by atoms with Gasteiger partial charge in [0.15, 0.2) is 11.6 Å². The number of halogens is 2. The number of nitrogens with one attached hydrogen (secondary N) is 1. The topological polar surface area (TPSA) is 55.1 Å². The minimum Gasteiger partial charge on any atom is -0.352 e. The number of carbonyl (C=O) groups is 1. The minimum absolute atomic E-state index is 0.133. The molecule has 2 rings (SSSR count). The second-order valence-electron chi connectivity index (χ2n) is 4.75. The fraction of sp³-hybridized carbons (Fsp3) is 0.188. The van der Waals surface area contributed by atoms with Gasteiger partial charge in [-0.3, -0.25) is 4.79 Å². The highest BCUT2D eigenvalue weighted by Crippen LogP contribution is 2.13. The maximum atomic E-state index is 13.0. The molecule has 0 bridgehead atoms. The van der Waals surface area contributed by atoms with Gasteiger partial charge in [0.2, 0.25) is 5.91 Å². The number of nitrogens with two attached hydrogens (primary N) is 1. The Morgan fingerprint density at radius 3 is 2.48 bits per heavy atom. The van der Waals surface area contributed by atoms with E-state index in [9.17, 15) is 13.6 Å². The van der Waals surface area contributed by atoms with Gasteiger partial charge in [-0.1, -0.05) is 36.4 Å². The Bertz CT molecular complexity index is 617. The van der Waals surface area contributed by atoms with E-state index >= 15 is 0 Å². The molecule has 0 aliphatic rings. The van der Waals surface area contributed by atoms with E-state index in [4.69, 9.17) is 5.73 Å². The third-order valence-electron chi connectivity index (χ3n) is 3.11. The number of hydrogen-bond acceptors (Lipinski definition) is 2. The summed E-state index contributed by atoms with van der Waals surface area (Å²) in [6, 6.07) is 12.4. The molecule has 1 amide bonds. The quantitative estimate of drug-likeness (QED) is 0.889. The van der Waals surface area contributed by atoms with Gasteiger partial charge in [0.05, 0.1) is 0 Å². The van der Waals surface area contributed by atoms with Crippen molar-refractivity contribution in [2.45, 2.75) is 19.0 Å². The first kappa shape index (κ1) is 15.1. The lowest BCUT2D eigenvalue weighted by molar-refractivity contribution is -0.121. The third kappa shape index (κ3) is 4.36. The molecule has 3 nitrogen and oxygen atoms in total. The van der Waals surface area contributed by atoms with Crippen LogP contribution in [0.4, 0.5) is 8.78 Å². The van der Waals surface area contributed by atoms with Crippen molar-refractivity contribution in [2.75, 3.05) is 0 Å². The first-order chi connectivity index (χ1) is 10.1. The Kier molecular flexibility index (Phi) is 5.00. The minimum atomic E-state index is -0.928. The summed E-state index contributed by atoms with van der Waals surface area (Å²) in [6.07, 6.45) is 0.133. The van der Waals surface area contributed by atoms with Gasteiger partial charge >= 0.3 is 0 Å². The Balaban J connectivity index is 1.86. The van der Waals surface area contributed by atoms with Crippen molar-refractivity contribution < 1.29 is 13.6 Å². The van der Waals surface area contributed by atoms with Crippen LogP contribution in [0, 0.1) is 11.6 Å². The fourth-order valence-electron chi connectivity index (χ4n) is 1.94. The van der Waals surface area contributed by atoms with E-state index in [2.05, 4.69) is 5.32 Å². The van der Waals surface area contributed by atoms with Crippen molar-refractivity contribution in [3.05, 3.63) is 71.3 Å². The van der Waals surface area contributed by atoms with Crippen LogP contribution < -0.4 is 11.1 Å². The van der Waals surface area contributed by atoms with Crippen LogP contribution in [0.3, 0.4) is 0 Å². The van der Waals surface area contributed by atoms with Crippen LogP contribution in [0.25, 0.3) is 0 Å². The largest absolute Gasteiger partial charge is 0.352 e. The van der Waals surface area contributed by atoms with Crippen molar-refractivity contribution in [3.8, 4) is 0 Å². The average Bonchev–Trinajstić information content (AvgIpc) is 2.49. The molecular weight excluding hydrogens is 274 g/mol. The normalized spacial score (nSPS) is 12.0. The average molecular weight is 290 g/mol. The summed E-state index contributed by atoms with van der Waals surface area (Å²) >= 11 is 0. The molecule has 0 heterocycles. The van der Waals surface area contributed by atoms with E-state index in [-0.39, 0.29) is 18.9 Å². The molecule has 0 saturated heterocycles. The Morgan fingerprint density at radius 1 is 1.10 bits per heavy atom. The van der Waals surface area contributed by atoms with Crippen LogP contribution in [-0.4, -0.2) is 5.91 Å². The lowest BCUT2D eigenvalue weighted by atomic mass is 10.0. The van der Waals surface area contributed by atoms with Crippen molar-refractivity contribution in [3.63, 3.8) is 0 Å². The molecule has 0 fully saturated rings. The zero-order chi connectivity index (χ0) is 15.2. The zero-order valence-electron chi connectivity index (χ0n) is 11.4. The molecule has 0 radical (unpaired) electrons. The lowest BCUT2D eigenvalue weighted by Gasteiger charge is -2.12. The maximum Gasteiger partial charge on any atom is 0.222 e. The van der Waals surface area contributed by atoms with E-state index in [1.165, 1.54) is 6.07 Å². The van der Waals surface area contributed by atoms with Gasteiger partial charge in [-0.15, -0.1) is 0 Å². The summed E-state index contributed by atoms with van der Waals surface area (Å²) in [5.74, 6) is -2.07. The number of hydrogen-bond donors (Lipinski definition) is 2. The van der Waals surface area contributed by atoms with Crippen molar-refractivity contribution in [1.82, 2.24) is 5.32 Å². The van der Waals surface area contributed by atoms with Crippen molar-refractivity contribution in [2.24, 2.45) is 5.73 Å². The number of rotatable bonds is 5. The first-order valence-corrected chi connectivity index (χ1v) is 6.57. The second-order valence-corrected chi connectivity index (χ2v) is 4.75. The first-order valence-electron chi connectivity index (χ1n) is 6.57. The Hall–Kier alpha value is -2.27. The number of carbonyl (C=O) groups excluding carboxylic acids is 1. The van der Waals surface area contributed by atoms with Gasteiger partial charge < -0.3 is 11.1 Å². The van der Waals surface area contributed by atoms with E-state index < -0.39 is 17.7 Å². The molecule has 21 heavy (non-hydrogen) atoms. The molecular formula is C16H16F2N2O. The number of benzene rings is 2. The lowest BCUT2D eigenvalue weighted by Crippen LogP contribution is -2.27. The standard InChI is InChI=1S/C16H16F2N2O/c17-13-7-6-11(8-14(13)18)10-20-16(21)9-15(19)12-4-2-1-3-5-12/h1-8,15H,9-10,19H2,(H,20,21). The molecule has 2 aromatic carbocycles. The molecule has 0 aromatic heterocycles. The molecule has 1 atom stereocenters. The van der Waals surface area contributed by atoms with E-state index in [0.717, 1.165) is 17.7 Å². The Morgan fingerprint density at radius 2 is 1.81 bits per heavy atom. The van der Waals surface area contributed by atoms with E-state index in [0.29, 0.717) is 5.56 Å². The summed E-state index contributed by atoms with van der Waals surface area (Å²) in [7, 11) is 0. The number of amides is 1. The van der Waals surface area contributed by atoms with Crippen LogP contribution >= 0.6 is 0 Å². The summed E-state index contributed by atoms with van der Waals surface area (Å²) in [4.78, 5) is 11.8. The molecule has 5 heteroatoms. The molecule has 2 aromatic rings. The fourth-order valence-corrected chi connectivity index (χ4v) is 1.94. The van der Waals surface area contributed by atoms with E-state index in [1.807, 2.05) is 30.3 Å². The highest BCUT2D eigenvalue weighted by Gasteiger charge is 2.11. The van der Waals surface area contributed by atoms with Gasteiger partial charge in [-0.05, 0) is 23.3 Å². The van der Waals surface area contributed by atoms with Crippen LogP contribution in [-0.2, 0) is 11.3 Å². The van der Waals surface area contributed by atoms with Crippen molar-refractivity contribution >= 4 is 5.91 Å². The molecule has 1 unspecified atom stereocenters. The van der Waals surface area contributed by atoms with Gasteiger partial charge in [-0.2, -0.15) is 0 Å². The predicted molar refractivity (Wildman–Crippen MR) is 76.2 cm³/mol. The predicted octanol–water partition coefficient (Wildman–Crippen LogP) is 2.67. The highest BCUT2D eigenvalue weighted by molar-refractivity contribution is 5.76. The summed E-state index contributed by atoms with van der Waals surface area (Å²) in [5, 5.41) is 2.64. The van der Waals surface area contributed by atoms with Crippen LogP contribution in [0.2, 0.25) is 0 Å². The molecule has 3 N–H and O–H groups in total. The van der Waals surface area contributed by atoms with Crippen LogP contribution in [0.5, 0.6) is 0 Å². The highest BCUT2D eigenvalue weighted by atomic mass is 19.2. The molecule has 0 spiro atoms. The summed E-state index contributed by atoms with van der Waals surface area (Å²) < 4.78 is 25.8. The summed E-state index contributed by atoms with van der Waals surface area (Å²) in [6.45, 7) is 0.136.